The van der Waals surface area contributed by atoms with Gasteiger partial charge in [0.15, 0.2) is 12.2 Å². The van der Waals surface area contributed by atoms with Gasteiger partial charge >= 0.3 is 12.0 Å². The van der Waals surface area contributed by atoms with E-state index in [4.69, 9.17) is 13.6 Å². The van der Waals surface area contributed by atoms with E-state index in [1.54, 1.807) is 24.3 Å². The molecule has 0 saturated heterocycles. The van der Waals surface area contributed by atoms with Crippen molar-refractivity contribution in [2.75, 3.05) is 12.4 Å². The second kappa shape index (κ2) is 8.90. The standard InChI is InChI=1S/C17H15N3O6S/c21-14(20-16(23)18-8-11-4-3-7-24-11)9-25-15(22)10-27-17-19-12-5-1-2-6-13(12)26-17/h1-7H,8-10H2,(H2,18,20,21,23). The first-order valence-corrected chi connectivity index (χ1v) is 8.83. The maximum Gasteiger partial charge on any atom is 0.321 e. The number of aromatic nitrogens is 1. The predicted octanol–water partition coefficient (Wildman–Crippen LogP) is 2.08. The number of esters is 1. The van der Waals surface area contributed by atoms with Gasteiger partial charge < -0.3 is 18.9 Å². The SMILES string of the molecule is O=C(COC(=O)CSc1nc2ccccc2o1)NC(=O)NCc1ccco1. The molecule has 27 heavy (non-hydrogen) atoms. The number of hydrogen-bond acceptors (Lipinski definition) is 8. The second-order valence-electron chi connectivity index (χ2n) is 5.21. The van der Waals surface area contributed by atoms with Gasteiger partial charge in [0.1, 0.15) is 17.0 Å². The number of imide groups is 1. The maximum atomic E-state index is 11.7. The van der Waals surface area contributed by atoms with Gasteiger partial charge in [-0.2, -0.15) is 0 Å². The first kappa shape index (κ1) is 18.5. The van der Waals surface area contributed by atoms with Gasteiger partial charge in [-0.3, -0.25) is 14.9 Å². The summed E-state index contributed by atoms with van der Waals surface area (Å²) in [7, 11) is 0. The maximum absolute atomic E-state index is 11.7. The number of furan rings is 1. The zero-order valence-electron chi connectivity index (χ0n) is 14.0. The molecule has 9 nitrogen and oxygen atoms in total. The summed E-state index contributed by atoms with van der Waals surface area (Å²) in [5.41, 5.74) is 1.31. The molecule has 2 N–H and O–H groups in total. The topological polar surface area (TPSA) is 124 Å². The summed E-state index contributed by atoms with van der Waals surface area (Å²) >= 11 is 1.05. The molecule has 0 spiro atoms. The molecular weight excluding hydrogens is 374 g/mol. The summed E-state index contributed by atoms with van der Waals surface area (Å²) in [6.07, 6.45) is 1.47. The smallest absolute Gasteiger partial charge is 0.321 e. The number of ether oxygens (including phenoxy) is 1. The molecule has 10 heteroatoms. The van der Waals surface area contributed by atoms with Gasteiger partial charge in [0, 0.05) is 0 Å². The molecule has 0 saturated carbocycles. The van der Waals surface area contributed by atoms with Gasteiger partial charge in [0.25, 0.3) is 11.1 Å². The van der Waals surface area contributed by atoms with Gasteiger partial charge in [0.2, 0.25) is 0 Å². The summed E-state index contributed by atoms with van der Waals surface area (Å²) in [6.45, 7) is -0.436. The molecule has 3 aromatic rings. The number of thioether (sulfide) groups is 1. The fraction of sp³-hybridized carbons (Fsp3) is 0.176. The van der Waals surface area contributed by atoms with E-state index < -0.39 is 24.5 Å². The van der Waals surface area contributed by atoms with Crippen LogP contribution in [0.15, 0.2) is 56.7 Å². The van der Waals surface area contributed by atoms with E-state index in [1.165, 1.54) is 6.26 Å². The van der Waals surface area contributed by atoms with Crippen LogP contribution in [0.2, 0.25) is 0 Å². The molecule has 2 heterocycles. The minimum absolute atomic E-state index is 0.0786. The fourth-order valence-electron chi connectivity index (χ4n) is 2.01. The lowest BCUT2D eigenvalue weighted by Crippen LogP contribution is -2.41. The number of carbonyl (C=O) groups is 3. The Kier molecular flexibility index (Phi) is 6.10. The van der Waals surface area contributed by atoms with Crippen molar-refractivity contribution >= 4 is 40.8 Å². The van der Waals surface area contributed by atoms with Gasteiger partial charge in [-0.25, -0.2) is 9.78 Å². The molecule has 0 aliphatic heterocycles. The highest BCUT2D eigenvalue weighted by Gasteiger charge is 2.13. The third-order valence-corrected chi connectivity index (χ3v) is 4.01. The Hall–Kier alpha value is -3.27. The summed E-state index contributed by atoms with van der Waals surface area (Å²) in [5, 5.41) is 4.81. The average Bonchev–Trinajstić information content (AvgIpc) is 3.32. The molecule has 0 radical (unpaired) electrons. The third-order valence-electron chi connectivity index (χ3n) is 3.21. The van der Waals surface area contributed by atoms with E-state index in [0.717, 1.165) is 11.8 Å². The number of rotatable bonds is 7. The Morgan fingerprint density at radius 1 is 1.15 bits per heavy atom. The van der Waals surface area contributed by atoms with Crippen LogP contribution in [0.1, 0.15) is 5.76 Å². The minimum atomic E-state index is -0.743. The summed E-state index contributed by atoms with van der Waals surface area (Å²) in [5.74, 6) is -0.911. The molecule has 2 aromatic heterocycles. The number of para-hydroxylation sites is 2. The van der Waals surface area contributed by atoms with Crippen LogP contribution in [0, 0.1) is 0 Å². The monoisotopic (exact) mass is 389 g/mol. The van der Waals surface area contributed by atoms with E-state index in [9.17, 15) is 14.4 Å². The normalized spacial score (nSPS) is 10.5. The molecule has 3 amide bonds. The second-order valence-corrected chi connectivity index (χ2v) is 6.13. The van der Waals surface area contributed by atoms with E-state index in [0.29, 0.717) is 22.1 Å². The molecular formula is C17H15N3O6S. The Bertz CT molecular complexity index is 904. The molecule has 0 atom stereocenters. The van der Waals surface area contributed by atoms with Gasteiger partial charge in [-0.1, -0.05) is 23.9 Å². The lowest BCUT2D eigenvalue weighted by atomic mass is 10.3. The zero-order chi connectivity index (χ0) is 19.1. The Balaban J connectivity index is 1.34. The summed E-state index contributed by atoms with van der Waals surface area (Å²) in [6, 6.07) is 9.86. The van der Waals surface area contributed by atoms with Crippen molar-refractivity contribution < 1.29 is 28.0 Å². The molecule has 0 aliphatic carbocycles. The molecule has 0 aliphatic rings. The van der Waals surface area contributed by atoms with Crippen LogP contribution in [-0.2, 0) is 20.9 Å². The van der Waals surface area contributed by atoms with Crippen molar-refractivity contribution in [2.45, 2.75) is 11.8 Å². The third kappa shape index (κ3) is 5.61. The molecule has 1 aromatic carbocycles. The molecule has 0 bridgehead atoms. The van der Waals surface area contributed by atoms with Crippen LogP contribution < -0.4 is 10.6 Å². The van der Waals surface area contributed by atoms with Crippen LogP contribution in [0.3, 0.4) is 0 Å². The number of oxazole rings is 1. The van der Waals surface area contributed by atoms with E-state index in [-0.39, 0.29) is 12.3 Å². The summed E-state index contributed by atoms with van der Waals surface area (Å²) in [4.78, 5) is 39.0. The number of fused-ring (bicyclic) bond motifs is 1. The predicted molar refractivity (Wildman–Crippen MR) is 94.8 cm³/mol. The lowest BCUT2D eigenvalue weighted by molar-refractivity contribution is -0.145. The van der Waals surface area contributed by atoms with Crippen LogP contribution >= 0.6 is 11.8 Å². The van der Waals surface area contributed by atoms with Crippen molar-refractivity contribution in [1.82, 2.24) is 15.6 Å². The average molecular weight is 389 g/mol. The van der Waals surface area contributed by atoms with E-state index in [2.05, 4.69) is 10.3 Å². The molecule has 3 rings (SSSR count). The molecule has 140 valence electrons. The first-order valence-electron chi connectivity index (χ1n) is 7.84. The Morgan fingerprint density at radius 3 is 2.78 bits per heavy atom. The van der Waals surface area contributed by atoms with Gasteiger partial charge in [-0.15, -0.1) is 0 Å². The van der Waals surface area contributed by atoms with Crippen LogP contribution in [0.4, 0.5) is 4.79 Å². The number of urea groups is 1. The van der Waals surface area contributed by atoms with Crippen molar-refractivity contribution in [2.24, 2.45) is 0 Å². The number of nitrogens with one attached hydrogen (secondary N) is 2. The van der Waals surface area contributed by atoms with Gasteiger partial charge in [-0.05, 0) is 24.3 Å². The van der Waals surface area contributed by atoms with E-state index in [1.807, 2.05) is 17.4 Å². The van der Waals surface area contributed by atoms with Crippen LogP contribution in [-0.4, -0.2) is 35.3 Å². The van der Waals surface area contributed by atoms with Crippen molar-refractivity contribution in [3.05, 3.63) is 48.4 Å². The lowest BCUT2D eigenvalue weighted by Gasteiger charge is -2.06. The molecule has 0 unspecified atom stereocenters. The fourth-order valence-corrected chi connectivity index (χ4v) is 2.64. The first-order chi connectivity index (χ1) is 13.1. The number of carbonyl (C=O) groups excluding carboxylic acids is 3. The minimum Gasteiger partial charge on any atom is -0.467 e. The highest BCUT2D eigenvalue weighted by Crippen LogP contribution is 2.22. The zero-order valence-corrected chi connectivity index (χ0v) is 14.8. The Morgan fingerprint density at radius 2 is 2.00 bits per heavy atom. The number of nitrogens with zero attached hydrogens (tertiary/aromatic N) is 1. The van der Waals surface area contributed by atoms with Gasteiger partial charge in [0.05, 0.1) is 12.8 Å². The highest BCUT2D eigenvalue weighted by molar-refractivity contribution is 7.99. The number of benzene rings is 1. The number of amides is 3. The largest absolute Gasteiger partial charge is 0.467 e. The molecule has 0 fully saturated rings. The Labute approximate surface area is 157 Å². The van der Waals surface area contributed by atoms with Crippen molar-refractivity contribution in [1.29, 1.82) is 0 Å². The van der Waals surface area contributed by atoms with Crippen molar-refractivity contribution in [3.8, 4) is 0 Å². The quantitative estimate of drug-likeness (QED) is 0.465. The van der Waals surface area contributed by atoms with Crippen LogP contribution in [0.5, 0.6) is 0 Å². The highest BCUT2D eigenvalue weighted by atomic mass is 32.2. The summed E-state index contributed by atoms with van der Waals surface area (Å²) < 4.78 is 15.3. The van der Waals surface area contributed by atoms with E-state index >= 15 is 0 Å². The number of hydrogen-bond donors (Lipinski definition) is 2. The van der Waals surface area contributed by atoms with Crippen molar-refractivity contribution in [3.63, 3.8) is 0 Å². The van der Waals surface area contributed by atoms with Crippen LogP contribution in [0.25, 0.3) is 11.1 Å².